The van der Waals surface area contributed by atoms with Crippen molar-refractivity contribution in [2.75, 3.05) is 13.2 Å². The molecule has 2 aliphatic rings. The molecule has 2 heterocycles. The van der Waals surface area contributed by atoms with Gasteiger partial charge in [0.05, 0.1) is 30.9 Å². The van der Waals surface area contributed by atoms with Crippen molar-refractivity contribution in [1.82, 2.24) is 4.90 Å². The summed E-state index contributed by atoms with van der Waals surface area (Å²) in [6, 6.07) is -1.47. The minimum Gasteiger partial charge on any atom is -0.395 e. The number of aliphatic hydroxyl groups is 4. The predicted octanol–water partition coefficient (Wildman–Crippen LogP) is -2.53. The summed E-state index contributed by atoms with van der Waals surface area (Å²) < 4.78 is 13.1. The fraction of sp³-hybridized carbons (Fsp3) is 1.00. The molecular formula is C8H14FNO4. The number of hydrogen-bond acceptors (Lipinski definition) is 5. The Morgan fingerprint density at radius 2 is 1.79 bits per heavy atom. The molecule has 0 aromatic rings. The molecule has 6 heteroatoms. The van der Waals surface area contributed by atoms with Crippen molar-refractivity contribution in [1.29, 1.82) is 0 Å². The summed E-state index contributed by atoms with van der Waals surface area (Å²) in [5, 5.41) is 37.4. The molecule has 4 N–H and O–H groups in total. The highest BCUT2D eigenvalue weighted by atomic mass is 19.1. The second-order valence-electron chi connectivity index (χ2n) is 3.93. The SMILES string of the molecule is OC[C@@H]1[C@@H](O)[C@H](O)[C@H]2[C@@H](O)[C@H](F)CN21. The number of aliphatic hydroxyl groups excluding tert-OH is 4. The molecule has 14 heavy (non-hydrogen) atoms. The van der Waals surface area contributed by atoms with Gasteiger partial charge in [0, 0.05) is 6.54 Å². The van der Waals surface area contributed by atoms with Gasteiger partial charge in [-0.15, -0.1) is 0 Å². The Bertz CT molecular complexity index is 229. The van der Waals surface area contributed by atoms with Gasteiger partial charge < -0.3 is 20.4 Å². The Labute approximate surface area is 80.4 Å². The van der Waals surface area contributed by atoms with Gasteiger partial charge in [0.2, 0.25) is 0 Å². The molecule has 2 saturated heterocycles. The standard InChI is InChI=1S/C8H14FNO4/c9-3-1-10-4(2-11)7(13)8(14)5(10)6(3)12/h3-8,11-14H,1-2H2/t3-,4-,5-,6+,7-,8-/m1/s1. The Morgan fingerprint density at radius 3 is 2.36 bits per heavy atom. The summed E-state index contributed by atoms with van der Waals surface area (Å²) >= 11 is 0. The van der Waals surface area contributed by atoms with E-state index >= 15 is 0 Å². The van der Waals surface area contributed by atoms with E-state index in [-0.39, 0.29) is 13.2 Å². The molecule has 2 fully saturated rings. The van der Waals surface area contributed by atoms with Crippen LogP contribution in [-0.2, 0) is 0 Å². The molecule has 0 saturated carbocycles. The van der Waals surface area contributed by atoms with Crippen LogP contribution in [0.2, 0.25) is 0 Å². The first-order valence-electron chi connectivity index (χ1n) is 4.62. The van der Waals surface area contributed by atoms with Crippen LogP contribution in [0.3, 0.4) is 0 Å². The number of alkyl halides is 1. The number of nitrogens with zero attached hydrogens (tertiary/aromatic N) is 1. The second kappa shape index (κ2) is 3.39. The van der Waals surface area contributed by atoms with Gasteiger partial charge in [-0.25, -0.2) is 4.39 Å². The van der Waals surface area contributed by atoms with E-state index in [1.165, 1.54) is 4.90 Å². The molecule has 0 spiro atoms. The molecule has 0 amide bonds. The van der Waals surface area contributed by atoms with Crippen molar-refractivity contribution in [2.45, 2.75) is 36.6 Å². The molecule has 5 nitrogen and oxygen atoms in total. The normalized spacial score (nSPS) is 53.8. The van der Waals surface area contributed by atoms with Crippen LogP contribution in [0.5, 0.6) is 0 Å². The fourth-order valence-electron chi connectivity index (χ4n) is 2.43. The highest BCUT2D eigenvalue weighted by Crippen LogP contribution is 2.34. The molecule has 2 aliphatic heterocycles. The van der Waals surface area contributed by atoms with Gasteiger partial charge in [-0.1, -0.05) is 0 Å². The monoisotopic (exact) mass is 207 g/mol. The molecule has 0 bridgehead atoms. The molecule has 0 aliphatic carbocycles. The van der Waals surface area contributed by atoms with Crippen LogP contribution in [0.25, 0.3) is 0 Å². The summed E-state index contributed by atoms with van der Waals surface area (Å²) in [6.07, 6.45) is -5.01. The van der Waals surface area contributed by atoms with E-state index < -0.39 is 36.6 Å². The zero-order valence-electron chi connectivity index (χ0n) is 7.49. The molecule has 0 aromatic heterocycles. The topological polar surface area (TPSA) is 84.2 Å². The van der Waals surface area contributed by atoms with E-state index in [0.717, 1.165) is 0 Å². The van der Waals surface area contributed by atoms with Gasteiger partial charge in [0.15, 0.2) is 0 Å². The van der Waals surface area contributed by atoms with Crippen molar-refractivity contribution >= 4 is 0 Å². The lowest BCUT2D eigenvalue weighted by Gasteiger charge is -2.21. The third-order valence-electron chi connectivity index (χ3n) is 3.20. The third-order valence-corrected chi connectivity index (χ3v) is 3.20. The van der Waals surface area contributed by atoms with Crippen LogP contribution in [0.1, 0.15) is 0 Å². The minimum absolute atomic E-state index is 0.0504. The molecule has 6 atom stereocenters. The van der Waals surface area contributed by atoms with Gasteiger partial charge in [-0.3, -0.25) is 4.90 Å². The van der Waals surface area contributed by atoms with E-state index in [1.807, 2.05) is 0 Å². The molecule has 0 aromatic carbocycles. The van der Waals surface area contributed by atoms with E-state index in [1.54, 1.807) is 0 Å². The summed E-state index contributed by atoms with van der Waals surface area (Å²) in [5.41, 5.74) is 0. The van der Waals surface area contributed by atoms with Crippen LogP contribution in [0, 0.1) is 0 Å². The van der Waals surface area contributed by atoms with Crippen LogP contribution in [0.15, 0.2) is 0 Å². The number of halogens is 1. The maximum atomic E-state index is 13.1. The lowest BCUT2D eigenvalue weighted by Crippen LogP contribution is -2.40. The number of rotatable bonds is 1. The Balaban J connectivity index is 2.21. The summed E-state index contributed by atoms with van der Waals surface area (Å²) in [7, 11) is 0. The van der Waals surface area contributed by atoms with Crippen LogP contribution in [-0.4, -0.2) is 75.0 Å². The van der Waals surface area contributed by atoms with E-state index in [2.05, 4.69) is 0 Å². The first-order valence-corrected chi connectivity index (χ1v) is 4.62. The van der Waals surface area contributed by atoms with Crippen LogP contribution < -0.4 is 0 Å². The zero-order chi connectivity index (χ0) is 10.5. The first kappa shape index (κ1) is 10.3. The van der Waals surface area contributed by atoms with Gasteiger partial charge >= 0.3 is 0 Å². The largest absolute Gasteiger partial charge is 0.395 e. The molecule has 0 unspecified atom stereocenters. The first-order chi connectivity index (χ1) is 6.57. The highest BCUT2D eigenvalue weighted by Gasteiger charge is 2.56. The maximum Gasteiger partial charge on any atom is 0.140 e. The van der Waals surface area contributed by atoms with Crippen LogP contribution in [0.4, 0.5) is 4.39 Å². The summed E-state index contributed by atoms with van der Waals surface area (Å²) in [6.45, 7) is -0.403. The third kappa shape index (κ3) is 1.19. The predicted molar refractivity (Wildman–Crippen MR) is 44.3 cm³/mol. The molecule has 2 rings (SSSR count). The average Bonchev–Trinajstić information content (AvgIpc) is 2.54. The maximum absolute atomic E-state index is 13.1. The zero-order valence-corrected chi connectivity index (χ0v) is 7.49. The van der Waals surface area contributed by atoms with Gasteiger partial charge in [0.25, 0.3) is 0 Å². The van der Waals surface area contributed by atoms with E-state index in [0.29, 0.717) is 0 Å². The van der Waals surface area contributed by atoms with Crippen molar-refractivity contribution in [3.8, 4) is 0 Å². The Hall–Kier alpha value is -0.270. The second-order valence-corrected chi connectivity index (χ2v) is 3.93. The quantitative estimate of drug-likeness (QED) is 0.381. The van der Waals surface area contributed by atoms with E-state index in [4.69, 9.17) is 5.11 Å². The van der Waals surface area contributed by atoms with E-state index in [9.17, 15) is 19.7 Å². The molecule has 82 valence electrons. The number of fused-ring (bicyclic) bond motifs is 1. The summed E-state index contributed by atoms with van der Waals surface area (Å²) in [4.78, 5) is 1.44. The van der Waals surface area contributed by atoms with Crippen LogP contribution >= 0.6 is 0 Å². The Morgan fingerprint density at radius 1 is 1.14 bits per heavy atom. The fourth-order valence-corrected chi connectivity index (χ4v) is 2.43. The van der Waals surface area contributed by atoms with Crippen molar-refractivity contribution in [3.63, 3.8) is 0 Å². The average molecular weight is 207 g/mol. The minimum atomic E-state index is -1.42. The highest BCUT2D eigenvalue weighted by molar-refractivity contribution is 5.09. The van der Waals surface area contributed by atoms with Gasteiger partial charge in [-0.2, -0.15) is 0 Å². The van der Waals surface area contributed by atoms with Gasteiger partial charge in [-0.05, 0) is 0 Å². The molecule has 0 radical (unpaired) electrons. The molecular weight excluding hydrogens is 193 g/mol. The Kier molecular flexibility index (Phi) is 2.48. The van der Waals surface area contributed by atoms with Crippen molar-refractivity contribution < 1.29 is 24.8 Å². The smallest absolute Gasteiger partial charge is 0.140 e. The lowest BCUT2D eigenvalue weighted by atomic mass is 10.0. The number of hydrogen-bond donors (Lipinski definition) is 4. The summed E-state index contributed by atoms with van der Waals surface area (Å²) in [5.74, 6) is 0. The lowest BCUT2D eigenvalue weighted by molar-refractivity contribution is -0.0130. The van der Waals surface area contributed by atoms with Crippen molar-refractivity contribution in [3.05, 3.63) is 0 Å². The van der Waals surface area contributed by atoms with Gasteiger partial charge in [0.1, 0.15) is 12.3 Å². The van der Waals surface area contributed by atoms with Crippen molar-refractivity contribution in [2.24, 2.45) is 0 Å².